The Morgan fingerprint density at radius 1 is 1.33 bits per heavy atom. The molecule has 0 saturated carbocycles. The Bertz CT molecular complexity index is 707. The predicted octanol–water partition coefficient (Wildman–Crippen LogP) is -0.0358. The summed E-state index contributed by atoms with van der Waals surface area (Å²) >= 11 is 0. The average Bonchev–Trinajstić information content (AvgIpc) is 2.77. The Morgan fingerprint density at radius 2 is 1.92 bits per heavy atom. The van der Waals surface area contributed by atoms with Crippen LogP contribution in [0.15, 0.2) is 11.0 Å². The Hall–Kier alpha value is -2.53. The number of hydrogen-bond donors (Lipinski definition) is 2. The van der Waals surface area contributed by atoms with Crippen LogP contribution in [0, 0.1) is 5.82 Å². The molecule has 1 fully saturated rings. The molecule has 0 aliphatic carbocycles. The van der Waals surface area contributed by atoms with E-state index in [9.17, 15) is 18.8 Å². The van der Waals surface area contributed by atoms with E-state index in [0.29, 0.717) is 0 Å². The van der Waals surface area contributed by atoms with Gasteiger partial charge in [-0.3, -0.25) is 19.4 Å². The van der Waals surface area contributed by atoms with Crippen molar-refractivity contribution < 1.29 is 33.4 Å². The smallest absolute Gasteiger partial charge is 0.352 e. The van der Waals surface area contributed by atoms with Crippen LogP contribution in [0.1, 0.15) is 27.0 Å². The number of aromatic nitrogens is 2. The first-order valence-electron chi connectivity index (χ1n) is 6.93. The average molecular weight is 345 g/mol. The van der Waals surface area contributed by atoms with Crippen molar-refractivity contribution >= 4 is 17.8 Å². The first-order chi connectivity index (χ1) is 11.2. The molecule has 0 amide bonds. The third-order valence-electron chi connectivity index (χ3n) is 3.31. The minimum absolute atomic E-state index is 0.635. The molecule has 2 N–H and O–H groups in total. The van der Waals surface area contributed by atoms with Crippen molar-refractivity contribution in [1.82, 2.24) is 9.55 Å². The molecule has 0 aromatic carbocycles. The lowest BCUT2D eigenvalue weighted by Crippen LogP contribution is -2.40. The van der Waals surface area contributed by atoms with E-state index in [0.717, 1.165) is 17.7 Å². The topological polar surface area (TPSA) is 129 Å². The van der Waals surface area contributed by atoms with E-state index in [-0.39, 0.29) is 0 Å². The van der Waals surface area contributed by atoms with E-state index in [1.165, 1.54) is 12.4 Å². The molecule has 0 bridgehead atoms. The molecule has 1 aliphatic heterocycles. The van der Waals surface area contributed by atoms with Crippen molar-refractivity contribution in [3.63, 3.8) is 0 Å². The van der Waals surface area contributed by atoms with Crippen LogP contribution >= 0.6 is 0 Å². The van der Waals surface area contributed by atoms with Crippen molar-refractivity contribution in [3.05, 3.63) is 22.5 Å². The van der Waals surface area contributed by atoms with Gasteiger partial charge in [0.2, 0.25) is 0 Å². The van der Waals surface area contributed by atoms with E-state index >= 15 is 0 Å². The number of esters is 2. The molecule has 24 heavy (non-hydrogen) atoms. The summed E-state index contributed by atoms with van der Waals surface area (Å²) in [5.41, 5.74) is 0.479. The lowest BCUT2D eigenvalue weighted by Gasteiger charge is -2.23. The maximum atomic E-state index is 13.8. The van der Waals surface area contributed by atoms with Gasteiger partial charge in [0.1, 0.15) is 0 Å². The van der Waals surface area contributed by atoms with Gasteiger partial charge in [0.05, 0.1) is 12.3 Å². The van der Waals surface area contributed by atoms with Gasteiger partial charge in [-0.1, -0.05) is 0 Å². The van der Waals surface area contributed by atoms with Crippen molar-refractivity contribution in [1.29, 1.82) is 0 Å². The van der Waals surface area contributed by atoms with Gasteiger partial charge >= 0.3 is 17.6 Å². The summed E-state index contributed by atoms with van der Waals surface area (Å²) in [6.07, 6.45) is -3.41. The van der Waals surface area contributed by atoms with Crippen LogP contribution < -0.4 is 11.2 Å². The number of nitrogens with one attached hydrogen (secondary N) is 1. The fourth-order valence-corrected chi connectivity index (χ4v) is 2.41. The van der Waals surface area contributed by atoms with Crippen LogP contribution in [0.25, 0.3) is 0 Å². The van der Waals surface area contributed by atoms with Crippen molar-refractivity contribution in [2.24, 2.45) is 0 Å². The molecule has 1 aromatic rings. The lowest BCUT2D eigenvalue weighted by molar-refractivity contribution is -0.165. The highest BCUT2D eigenvalue weighted by atomic mass is 19.1. The highest BCUT2D eigenvalue weighted by molar-refractivity contribution is 5.67. The van der Waals surface area contributed by atoms with Crippen LogP contribution in [0.2, 0.25) is 0 Å². The van der Waals surface area contributed by atoms with E-state index < -0.39 is 53.8 Å². The summed E-state index contributed by atoms with van der Waals surface area (Å²) in [7, 11) is 0. The fourth-order valence-electron chi connectivity index (χ4n) is 2.41. The molecule has 2 rings (SSSR count). The van der Waals surface area contributed by atoms with Gasteiger partial charge in [-0.2, -0.15) is 4.98 Å². The Balaban J connectivity index is 2.44. The van der Waals surface area contributed by atoms with E-state index in [1.807, 2.05) is 0 Å². The summed E-state index contributed by atoms with van der Waals surface area (Å²) in [5, 5.41) is 8.69. The summed E-state index contributed by atoms with van der Waals surface area (Å²) < 4.78 is 30.2. The number of rotatable bonds is 4. The molecule has 10 nitrogen and oxygen atoms in total. The van der Waals surface area contributed by atoms with Gasteiger partial charge in [-0.15, -0.1) is 0 Å². The molecule has 0 radical (unpaired) electrons. The van der Waals surface area contributed by atoms with Gasteiger partial charge in [-0.25, -0.2) is 14.7 Å². The van der Waals surface area contributed by atoms with Crippen molar-refractivity contribution in [2.75, 3.05) is 5.48 Å². The number of halogens is 1. The highest BCUT2D eigenvalue weighted by Gasteiger charge is 2.48. The van der Waals surface area contributed by atoms with Gasteiger partial charge in [0.15, 0.2) is 30.1 Å². The second-order valence-electron chi connectivity index (χ2n) is 5.12. The second-order valence-corrected chi connectivity index (χ2v) is 5.12. The number of nitrogens with zero attached hydrogens (tertiary/aromatic N) is 2. The Labute approximate surface area is 135 Å². The van der Waals surface area contributed by atoms with Crippen molar-refractivity contribution in [2.45, 2.75) is 45.3 Å². The highest BCUT2D eigenvalue weighted by Crippen LogP contribution is 2.33. The SMILES string of the molecule is CC(=O)O[C@@H]1[C@H](OC(C)=O)[C@@H](C)O[C@H]1n1cc(F)c(NO)nc1=O. The first kappa shape index (κ1) is 17.8. The van der Waals surface area contributed by atoms with E-state index in [4.69, 9.17) is 19.4 Å². The number of anilines is 1. The van der Waals surface area contributed by atoms with Gasteiger partial charge in [-0.05, 0) is 6.92 Å². The third-order valence-corrected chi connectivity index (χ3v) is 3.31. The molecule has 2 heterocycles. The molecule has 11 heteroatoms. The summed E-state index contributed by atoms with van der Waals surface area (Å²) in [4.78, 5) is 37.9. The fraction of sp³-hybridized carbons (Fsp3) is 0.538. The van der Waals surface area contributed by atoms with Crippen LogP contribution in [0.5, 0.6) is 0 Å². The molecule has 4 atom stereocenters. The largest absolute Gasteiger partial charge is 0.456 e. The minimum atomic E-state index is -1.25. The monoisotopic (exact) mass is 345 g/mol. The summed E-state index contributed by atoms with van der Waals surface area (Å²) in [5.74, 6) is -3.03. The molecule has 1 aliphatic rings. The van der Waals surface area contributed by atoms with Gasteiger partial charge in [0, 0.05) is 13.8 Å². The molecular formula is C13H16FN3O7. The molecule has 132 valence electrons. The summed E-state index contributed by atoms with van der Waals surface area (Å²) in [6.45, 7) is 3.84. The van der Waals surface area contributed by atoms with E-state index in [2.05, 4.69) is 4.98 Å². The molecular weight excluding hydrogens is 329 g/mol. The van der Waals surface area contributed by atoms with Crippen LogP contribution in [-0.2, 0) is 23.8 Å². The Kier molecular flexibility index (Phi) is 5.14. The quantitative estimate of drug-likeness (QED) is 0.570. The third kappa shape index (κ3) is 3.51. The Morgan fingerprint density at radius 3 is 2.46 bits per heavy atom. The van der Waals surface area contributed by atoms with Crippen LogP contribution in [0.4, 0.5) is 10.2 Å². The van der Waals surface area contributed by atoms with Gasteiger partial charge in [0.25, 0.3) is 0 Å². The predicted molar refractivity (Wildman–Crippen MR) is 74.6 cm³/mol. The van der Waals surface area contributed by atoms with Gasteiger partial charge < -0.3 is 14.2 Å². The zero-order valence-corrected chi connectivity index (χ0v) is 13.1. The molecule has 1 aromatic heterocycles. The number of carbonyl (C=O) groups excluding carboxylic acids is 2. The maximum Gasteiger partial charge on any atom is 0.352 e. The minimum Gasteiger partial charge on any atom is -0.456 e. The van der Waals surface area contributed by atoms with Crippen LogP contribution in [0.3, 0.4) is 0 Å². The van der Waals surface area contributed by atoms with E-state index in [1.54, 1.807) is 6.92 Å². The van der Waals surface area contributed by atoms with Crippen LogP contribution in [-0.4, -0.2) is 45.0 Å². The number of hydrogen-bond acceptors (Lipinski definition) is 9. The number of ether oxygens (including phenoxy) is 3. The zero-order valence-electron chi connectivity index (χ0n) is 13.1. The van der Waals surface area contributed by atoms with Crippen molar-refractivity contribution in [3.8, 4) is 0 Å². The normalized spacial score (nSPS) is 26.0. The number of carbonyl (C=O) groups is 2. The maximum absolute atomic E-state index is 13.8. The molecule has 0 spiro atoms. The first-order valence-corrected chi connectivity index (χ1v) is 6.93. The zero-order chi connectivity index (χ0) is 18.0. The molecule has 0 unspecified atom stereocenters. The molecule has 1 saturated heterocycles. The standard InChI is InChI=1S/C13H16FN3O7/c1-5-9(23-6(2)18)10(24-7(3)19)12(22-5)17-4-8(14)11(16-21)15-13(17)20/h4-5,9-10,12,21H,1-3H3,(H,15,16,20)/t5-,9-,10-,12-/m1/s1. The second kappa shape index (κ2) is 6.93. The lowest BCUT2D eigenvalue weighted by atomic mass is 10.1. The summed E-state index contributed by atoms with van der Waals surface area (Å²) in [6, 6.07) is 0.